The third-order valence-electron chi connectivity index (χ3n) is 4.93. The molecule has 1 aliphatic carbocycles. The SMILES string of the molecule is C=C(C)C(F)(F)COc1ccc(CNC(=O)c2cc(C)nc(C(=O)NC3CC3)c2)c(OC)n1. The van der Waals surface area contributed by atoms with Crippen LogP contribution in [0.25, 0.3) is 0 Å². The molecule has 1 saturated carbocycles. The Morgan fingerprint density at radius 3 is 2.58 bits per heavy atom. The Kier molecular flexibility index (Phi) is 7.25. The van der Waals surface area contributed by atoms with E-state index >= 15 is 0 Å². The smallest absolute Gasteiger partial charge is 0.302 e. The molecule has 0 atom stereocenters. The van der Waals surface area contributed by atoms with Crippen LogP contribution in [0.4, 0.5) is 8.78 Å². The normalized spacial score (nSPS) is 13.2. The molecule has 0 bridgehead atoms. The van der Waals surface area contributed by atoms with E-state index < -0.39 is 18.4 Å². The number of carbonyl (C=O) groups is 2. The van der Waals surface area contributed by atoms with Gasteiger partial charge in [-0.2, -0.15) is 13.8 Å². The van der Waals surface area contributed by atoms with Crippen LogP contribution < -0.4 is 20.1 Å². The van der Waals surface area contributed by atoms with E-state index in [4.69, 9.17) is 9.47 Å². The average molecular weight is 460 g/mol. The molecule has 8 nitrogen and oxygen atoms in total. The molecule has 0 spiro atoms. The highest BCUT2D eigenvalue weighted by molar-refractivity contribution is 5.98. The van der Waals surface area contributed by atoms with E-state index in [9.17, 15) is 18.4 Å². The average Bonchev–Trinajstić information content (AvgIpc) is 3.59. The number of aromatic nitrogens is 2. The monoisotopic (exact) mass is 460 g/mol. The maximum atomic E-state index is 13.7. The summed E-state index contributed by atoms with van der Waals surface area (Å²) in [4.78, 5) is 33.2. The van der Waals surface area contributed by atoms with Crippen molar-refractivity contribution in [1.29, 1.82) is 0 Å². The summed E-state index contributed by atoms with van der Waals surface area (Å²) in [5, 5.41) is 5.58. The van der Waals surface area contributed by atoms with Crippen molar-refractivity contribution in [1.82, 2.24) is 20.6 Å². The first-order valence-electron chi connectivity index (χ1n) is 10.4. The van der Waals surface area contributed by atoms with E-state index in [1.165, 1.54) is 26.2 Å². The summed E-state index contributed by atoms with van der Waals surface area (Å²) in [5.74, 6) is -3.82. The maximum Gasteiger partial charge on any atom is 0.302 e. The van der Waals surface area contributed by atoms with Crippen LogP contribution in [0.15, 0.2) is 36.4 Å². The molecule has 0 aliphatic heterocycles. The molecule has 0 radical (unpaired) electrons. The van der Waals surface area contributed by atoms with Gasteiger partial charge in [0, 0.05) is 35.5 Å². The number of alkyl halides is 2. The van der Waals surface area contributed by atoms with Gasteiger partial charge in [0.15, 0.2) is 6.61 Å². The molecular formula is C23H26F2N4O4. The Balaban J connectivity index is 1.65. The van der Waals surface area contributed by atoms with Gasteiger partial charge in [0.25, 0.3) is 11.8 Å². The van der Waals surface area contributed by atoms with Crippen molar-refractivity contribution in [2.45, 2.75) is 45.2 Å². The molecule has 33 heavy (non-hydrogen) atoms. The topological polar surface area (TPSA) is 102 Å². The van der Waals surface area contributed by atoms with E-state index in [1.54, 1.807) is 19.1 Å². The van der Waals surface area contributed by atoms with Gasteiger partial charge in [0.1, 0.15) is 5.69 Å². The second-order valence-electron chi connectivity index (χ2n) is 7.90. The molecule has 0 aromatic carbocycles. The van der Waals surface area contributed by atoms with E-state index in [0.29, 0.717) is 11.3 Å². The number of rotatable bonds is 10. The lowest BCUT2D eigenvalue weighted by Gasteiger charge is -2.17. The van der Waals surface area contributed by atoms with Crippen molar-refractivity contribution < 1.29 is 27.8 Å². The minimum Gasteiger partial charge on any atom is -0.481 e. The molecule has 2 amide bonds. The van der Waals surface area contributed by atoms with Crippen LogP contribution in [0.2, 0.25) is 0 Å². The van der Waals surface area contributed by atoms with Crippen LogP contribution in [0.5, 0.6) is 11.8 Å². The highest BCUT2D eigenvalue weighted by atomic mass is 19.3. The standard InChI is InChI=1S/C23H26F2N4O4/c1-13(2)23(24,25)12-33-19-8-5-15(22(29-19)32-4)11-26-20(30)16-9-14(3)27-18(10-16)21(31)28-17-6-7-17/h5,8-10,17H,1,6-7,11-12H2,2-4H3,(H,26,30)(H,28,31). The van der Waals surface area contributed by atoms with Crippen molar-refractivity contribution in [3.05, 3.63) is 58.9 Å². The second kappa shape index (κ2) is 9.93. The predicted molar refractivity (Wildman–Crippen MR) is 117 cm³/mol. The zero-order valence-corrected chi connectivity index (χ0v) is 18.7. The van der Waals surface area contributed by atoms with E-state index in [2.05, 4.69) is 27.2 Å². The van der Waals surface area contributed by atoms with Gasteiger partial charge in [0.2, 0.25) is 11.8 Å². The lowest BCUT2D eigenvalue weighted by molar-refractivity contribution is -0.00711. The van der Waals surface area contributed by atoms with Crippen LogP contribution >= 0.6 is 0 Å². The molecule has 10 heteroatoms. The number of aryl methyl sites for hydroxylation is 1. The summed E-state index contributed by atoms with van der Waals surface area (Å²) in [5.41, 5.74) is 1.21. The van der Waals surface area contributed by atoms with E-state index in [1.807, 2.05) is 0 Å². The number of ether oxygens (including phenoxy) is 2. The highest BCUT2D eigenvalue weighted by Gasteiger charge is 2.31. The number of nitrogens with one attached hydrogen (secondary N) is 2. The summed E-state index contributed by atoms with van der Waals surface area (Å²) in [6.07, 6.45) is 1.89. The molecule has 3 rings (SSSR count). The fourth-order valence-electron chi connectivity index (χ4n) is 2.81. The van der Waals surface area contributed by atoms with Gasteiger partial charge in [0.05, 0.1) is 7.11 Å². The zero-order chi connectivity index (χ0) is 24.2. The first kappa shape index (κ1) is 24.1. The fraction of sp³-hybridized carbons (Fsp3) is 0.391. The summed E-state index contributed by atoms with van der Waals surface area (Å²) in [6, 6.07) is 6.17. The summed E-state index contributed by atoms with van der Waals surface area (Å²) in [6.45, 7) is 5.33. The van der Waals surface area contributed by atoms with Crippen LogP contribution in [0.3, 0.4) is 0 Å². The number of halogens is 2. The number of hydrogen-bond acceptors (Lipinski definition) is 6. The Hall–Kier alpha value is -3.56. The Bertz CT molecular complexity index is 1070. The molecule has 2 aromatic rings. The number of nitrogens with zero attached hydrogens (tertiary/aromatic N) is 2. The number of pyridine rings is 2. The van der Waals surface area contributed by atoms with Gasteiger partial charge in [-0.05, 0) is 50.5 Å². The van der Waals surface area contributed by atoms with Crippen molar-refractivity contribution >= 4 is 11.8 Å². The fourth-order valence-corrected chi connectivity index (χ4v) is 2.81. The van der Waals surface area contributed by atoms with Gasteiger partial charge in [-0.1, -0.05) is 6.58 Å². The molecular weight excluding hydrogens is 434 g/mol. The largest absolute Gasteiger partial charge is 0.481 e. The molecule has 176 valence electrons. The van der Waals surface area contributed by atoms with E-state index in [0.717, 1.165) is 12.8 Å². The van der Waals surface area contributed by atoms with Crippen LogP contribution in [-0.4, -0.2) is 47.5 Å². The summed E-state index contributed by atoms with van der Waals surface area (Å²) in [7, 11) is 1.37. The Morgan fingerprint density at radius 2 is 1.94 bits per heavy atom. The predicted octanol–water partition coefficient (Wildman–Crippen LogP) is 3.21. The van der Waals surface area contributed by atoms with Gasteiger partial charge >= 0.3 is 5.92 Å². The molecule has 2 aromatic heterocycles. The minimum atomic E-state index is -3.18. The van der Waals surface area contributed by atoms with Crippen LogP contribution in [0, 0.1) is 6.92 Å². The van der Waals surface area contributed by atoms with Crippen LogP contribution in [-0.2, 0) is 6.54 Å². The zero-order valence-electron chi connectivity index (χ0n) is 18.7. The highest BCUT2D eigenvalue weighted by Crippen LogP contribution is 2.25. The van der Waals surface area contributed by atoms with Crippen molar-refractivity contribution in [2.75, 3.05) is 13.7 Å². The third kappa shape index (κ3) is 6.47. The van der Waals surface area contributed by atoms with Gasteiger partial charge < -0.3 is 20.1 Å². The lowest BCUT2D eigenvalue weighted by Crippen LogP contribution is -2.28. The summed E-state index contributed by atoms with van der Waals surface area (Å²) < 4.78 is 37.6. The van der Waals surface area contributed by atoms with Crippen molar-refractivity contribution in [2.24, 2.45) is 0 Å². The van der Waals surface area contributed by atoms with Crippen molar-refractivity contribution in [3.63, 3.8) is 0 Å². The van der Waals surface area contributed by atoms with Crippen molar-refractivity contribution in [3.8, 4) is 11.8 Å². The summed E-state index contributed by atoms with van der Waals surface area (Å²) >= 11 is 0. The number of hydrogen-bond donors (Lipinski definition) is 2. The van der Waals surface area contributed by atoms with Gasteiger partial charge in [-0.15, -0.1) is 0 Å². The molecule has 1 fully saturated rings. The maximum absolute atomic E-state index is 13.7. The quantitative estimate of drug-likeness (QED) is 0.528. The third-order valence-corrected chi connectivity index (χ3v) is 4.93. The van der Waals surface area contributed by atoms with Gasteiger partial charge in [-0.3, -0.25) is 9.59 Å². The number of methoxy groups -OCH3 is 1. The Labute approximate surface area is 190 Å². The molecule has 0 unspecified atom stereocenters. The Morgan fingerprint density at radius 1 is 1.21 bits per heavy atom. The minimum absolute atomic E-state index is 0.0427. The number of amides is 2. The van der Waals surface area contributed by atoms with Crippen LogP contribution in [0.1, 0.15) is 51.9 Å². The number of carbonyl (C=O) groups excluding carboxylic acids is 2. The first-order valence-corrected chi connectivity index (χ1v) is 10.4. The second-order valence-corrected chi connectivity index (χ2v) is 7.90. The first-order chi connectivity index (χ1) is 15.6. The molecule has 2 N–H and O–H groups in total. The van der Waals surface area contributed by atoms with Gasteiger partial charge in [-0.25, -0.2) is 4.98 Å². The molecule has 0 saturated heterocycles. The van der Waals surface area contributed by atoms with E-state index in [-0.39, 0.29) is 47.1 Å². The lowest BCUT2D eigenvalue weighted by atomic mass is 10.1. The molecule has 1 aliphatic rings. The molecule has 2 heterocycles.